The summed E-state index contributed by atoms with van der Waals surface area (Å²) in [5.74, 6) is 6.59. The minimum absolute atomic E-state index is 0.303. The van der Waals surface area contributed by atoms with E-state index in [-0.39, 0.29) is 0 Å². The van der Waals surface area contributed by atoms with Crippen LogP contribution >= 0.6 is 93.0 Å². The summed E-state index contributed by atoms with van der Waals surface area (Å²) in [4.78, 5) is 22.7. The summed E-state index contributed by atoms with van der Waals surface area (Å²) in [6.07, 6.45) is 48.8. The normalized spacial score (nSPS) is 15.9. The number of hydrogen-bond acceptors (Lipinski definition) is 10. The Hall–Kier alpha value is -3.98. The summed E-state index contributed by atoms with van der Waals surface area (Å²) < 4.78 is 0. The Morgan fingerprint density at radius 3 is 0.744 bits per heavy atom. The van der Waals surface area contributed by atoms with Crippen LogP contribution in [0, 0.1) is 6.92 Å². The van der Waals surface area contributed by atoms with Crippen LogP contribution < -0.4 is 0 Å². The summed E-state index contributed by atoms with van der Waals surface area (Å²) in [6.45, 7) is 8.34. The number of aromatic hydroxyl groups is 5. The number of aryl methyl sites for hydroxylation is 2. The van der Waals surface area contributed by atoms with Gasteiger partial charge in [0.05, 0.1) is 28.4 Å². The Kier molecular flexibility index (Phi) is 57.3. The van der Waals surface area contributed by atoms with E-state index < -0.39 is 85.2 Å². The fourth-order valence-corrected chi connectivity index (χ4v) is 18.3. The van der Waals surface area contributed by atoms with Crippen molar-refractivity contribution in [1.29, 1.82) is 0 Å². The molecule has 0 bridgehead atoms. The van der Waals surface area contributed by atoms with Gasteiger partial charge in [-0.1, -0.05) is 245 Å². The maximum atomic E-state index is 10.8. The van der Waals surface area contributed by atoms with Crippen LogP contribution in [0.1, 0.15) is 344 Å². The summed E-state index contributed by atoms with van der Waals surface area (Å²) in [5.41, 5.74) is 21.1. The van der Waals surface area contributed by atoms with Crippen LogP contribution in [-0.4, -0.2) is 56.6 Å². The Morgan fingerprint density at radius 2 is 0.496 bits per heavy atom. The van der Waals surface area contributed by atoms with E-state index in [1.54, 1.807) is 12.4 Å². The zero-order chi connectivity index (χ0) is 95.3. The van der Waals surface area contributed by atoms with Crippen LogP contribution in [0.15, 0.2) is 237 Å². The SMILES string of the molecule is CC(C)c1cc(C2CCCCC2)cc(C=Nc2ccccc2)c1O.CCc1cc(C2CCCCC2)cc(C=Nc2ccccc2)c1O.Cc1cc(C2CCCCC2)cc(C=Nc2ccccc2)c1O.Oc1c(C=Nc2ccccc2)cc(C2CCCCC2)cc1C1CC1.Oc1c(C=Nc2ccccc2)cc(C2CCCCC2)cc1C1CCC1.[Cl][Ti][Cl].[Cl][Ti][Cl].[Cl][Ti][Cl].[Cl][Ti][Cl].[Cl][Ti][Cl]. The van der Waals surface area contributed by atoms with Crippen molar-refractivity contribution in [2.45, 2.75) is 274 Å². The van der Waals surface area contributed by atoms with Gasteiger partial charge in [0, 0.05) is 58.9 Å². The first kappa shape index (κ1) is 114. The minimum atomic E-state index is -0.556. The molecule has 10 aromatic rings. The number of phenolic OH excluding ortho intramolecular Hbond substituents is 5. The van der Waals surface area contributed by atoms with Crippen molar-refractivity contribution in [1.82, 2.24) is 0 Å². The Labute approximate surface area is 876 Å². The third-order valence-corrected chi connectivity index (χ3v) is 25.7. The molecule has 17 rings (SSSR count). The number of aliphatic imine (C=N–C) groups is 5. The fourth-order valence-electron chi connectivity index (χ4n) is 18.3. The van der Waals surface area contributed by atoms with E-state index in [2.05, 4.69) is 106 Å². The number of rotatable bonds is 19. The van der Waals surface area contributed by atoms with Gasteiger partial charge in [0.25, 0.3) is 0 Å². The summed E-state index contributed by atoms with van der Waals surface area (Å²) in [5, 5.41) is 53.0. The molecule has 7 aliphatic carbocycles. The standard InChI is InChI=1S/C23H27NO.C22H25NO.C22H27NO.C21H25NO.C20H23NO.10ClH.5Ti/c25-23-20(16-24-21-12-5-2-6-13-21)14-19(17-8-3-1-4-9-17)15-22(23)18-10-7-11-18;24-22-19(15-23-20-9-5-2-6-10-20)13-18(14-21(22)17-11-12-17)16-7-3-1-4-8-16;1-16(2)21-14-18(17-9-5-3-6-10-17)13-19(22(21)24)15-23-20-11-7-4-8-12-20;1-2-16-13-18(17-9-5-3-6-10-17)14-19(21(16)23)15-22-20-11-7-4-8-12-20;1-15-12-17(16-8-4-2-5-9-16)13-18(20(15)22)14-21-19-10-6-3-7-11-19;;;;;;;;;;;;;;;/h2,5-6,12-18,25H,1,3-4,7-11H2;2,5-6,9-10,13-17,24H,1,3-4,7-8,11-12H2;4,7-8,11-17,24H,3,5-6,9-10H2,1-2H3;4,7-8,11-15,17,23H,2-3,5-6,9-10H2,1H3;3,6-7,10-14,16,22H,2,4-5,8-9H2,1H3;10*1H;;;;;/q;;;;;;;;;;;;;;;5*+2/p-10. The molecule has 0 saturated heterocycles. The molecule has 0 radical (unpaired) electrons. The second-order valence-corrected chi connectivity index (χ2v) is 47.8. The van der Waals surface area contributed by atoms with Crippen molar-refractivity contribution in [3.8, 4) is 28.7 Å². The molecule has 10 nitrogen and oxygen atoms in total. The third-order valence-electron chi connectivity index (χ3n) is 25.7. The quantitative estimate of drug-likeness (QED) is 0.0401. The Morgan fingerprint density at radius 1 is 0.271 bits per heavy atom. The molecule has 0 spiro atoms. The predicted molar refractivity (Wildman–Crippen MR) is 553 cm³/mol. The van der Waals surface area contributed by atoms with Gasteiger partial charge in [0.1, 0.15) is 28.7 Å². The van der Waals surface area contributed by atoms with Crippen LogP contribution in [0.4, 0.5) is 28.4 Å². The molecule has 0 atom stereocenters. The summed E-state index contributed by atoms with van der Waals surface area (Å²) in [7, 11) is 48.9. The molecule has 0 unspecified atom stereocenters. The van der Waals surface area contributed by atoms with Gasteiger partial charge in [-0.2, -0.15) is 0 Å². The molecule has 0 amide bonds. The molecule has 0 aromatic heterocycles. The van der Waals surface area contributed by atoms with Gasteiger partial charge in [-0.3, -0.25) is 25.0 Å². The molecular weight excluding hydrogens is 2040 g/mol. The van der Waals surface area contributed by atoms with E-state index >= 15 is 0 Å². The number of hydrogen-bond donors (Lipinski definition) is 5. The van der Waals surface area contributed by atoms with Crippen LogP contribution in [0.3, 0.4) is 0 Å². The van der Waals surface area contributed by atoms with Crippen molar-refractivity contribution >= 4 is 153 Å². The second kappa shape index (κ2) is 66.7. The van der Waals surface area contributed by atoms with E-state index in [1.165, 1.54) is 220 Å². The second-order valence-electron chi connectivity index (χ2n) is 34.9. The van der Waals surface area contributed by atoms with Gasteiger partial charge in [-0.15, -0.1) is 0 Å². The summed E-state index contributed by atoms with van der Waals surface area (Å²) >= 11 is -2.78. The van der Waals surface area contributed by atoms with Crippen LogP contribution in [-0.2, 0) is 91.6 Å². The molecule has 704 valence electrons. The Bertz CT molecular complexity index is 4990. The van der Waals surface area contributed by atoms with Gasteiger partial charge >= 0.3 is 178 Å². The molecule has 0 heterocycles. The molecule has 10 aromatic carbocycles. The van der Waals surface area contributed by atoms with Crippen molar-refractivity contribution in [2.75, 3.05) is 0 Å². The van der Waals surface area contributed by atoms with E-state index in [1.807, 2.05) is 177 Å². The van der Waals surface area contributed by atoms with Crippen LogP contribution in [0.2, 0.25) is 0 Å². The van der Waals surface area contributed by atoms with Crippen molar-refractivity contribution in [2.24, 2.45) is 25.0 Å². The first-order valence-corrected chi connectivity index (χ1v) is 68.4. The molecule has 7 saturated carbocycles. The third kappa shape index (κ3) is 40.5. The van der Waals surface area contributed by atoms with Gasteiger partial charge in [-0.25, -0.2) is 0 Å². The average molecular weight is 2170 g/mol. The fraction of sp³-hybridized carbons (Fsp3) is 0.398. The zero-order valence-corrected chi connectivity index (χ0v) is 92.3. The molecule has 7 aliphatic rings. The maximum absolute atomic E-state index is 10.8. The van der Waals surface area contributed by atoms with E-state index in [4.69, 9.17) is 93.0 Å². The number of para-hydroxylation sites is 5. The van der Waals surface area contributed by atoms with Gasteiger partial charge in [0.2, 0.25) is 0 Å². The number of phenols is 5. The van der Waals surface area contributed by atoms with Crippen LogP contribution in [0.5, 0.6) is 28.7 Å². The average Bonchev–Trinajstić information content (AvgIpc) is 1.74. The van der Waals surface area contributed by atoms with Crippen molar-refractivity contribution in [3.63, 3.8) is 0 Å². The summed E-state index contributed by atoms with van der Waals surface area (Å²) in [6, 6.07) is 71.4. The first-order chi connectivity index (χ1) is 64.9. The van der Waals surface area contributed by atoms with Crippen LogP contribution in [0.25, 0.3) is 0 Å². The molecule has 133 heavy (non-hydrogen) atoms. The van der Waals surface area contributed by atoms with Crippen molar-refractivity contribution in [3.05, 3.63) is 296 Å². The Balaban J connectivity index is 0.000000197. The molecule has 0 aliphatic heterocycles. The molecular formula is C108H127Cl10N5O5Ti5. The van der Waals surface area contributed by atoms with Gasteiger partial charge in [0.15, 0.2) is 0 Å². The molecule has 25 heteroatoms. The van der Waals surface area contributed by atoms with Crippen molar-refractivity contribution < 1.29 is 111 Å². The van der Waals surface area contributed by atoms with E-state index in [0.29, 0.717) is 76.1 Å². The number of halogens is 10. The van der Waals surface area contributed by atoms with Gasteiger partial charge < -0.3 is 25.5 Å². The molecule has 7 fully saturated rings. The first-order valence-electron chi connectivity index (χ1n) is 46.9. The van der Waals surface area contributed by atoms with E-state index in [0.717, 1.165) is 90.5 Å². The van der Waals surface area contributed by atoms with Gasteiger partial charge in [-0.05, 0) is 297 Å². The predicted octanol–water partition coefficient (Wildman–Crippen LogP) is 37.0. The monoisotopic (exact) mass is 2160 g/mol. The number of nitrogens with zero attached hydrogens (tertiary/aromatic N) is 5. The number of benzene rings is 10. The van der Waals surface area contributed by atoms with E-state index in [9.17, 15) is 25.5 Å². The topological polar surface area (TPSA) is 163 Å². The zero-order valence-electron chi connectivity index (χ0n) is 76.9. The molecule has 5 N–H and O–H groups in total.